The second-order valence-corrected chi connectivity index (χ2v) is 4.92. The molecule has 0 radical (unpaired) electrons. The summed E-state index contributed by atoms with van der Waals surface area (Å²) in [5.41, 5.74) is 6.73. The molecule has 1 heterocycles. The van der Waals surface area contributed by atoms with E-state index in [9.17, 15) is 0 Å². The van der Waals surface area contributed by atoms with Crippen LogP contribution in [0.15, 0.2) is 24.3 Å². The first-order chi connectivity index (χ1) is 9.09. The van der Waals surface area contributed by atoms with E-state index in [0.717, 1.165) is 5.69 Å². The highest BCUT2D eigenvalue weighted by molar-refractivity contribution is 6.32. The molecule has 0 amide bonds. The molecule has 19 heavy (non-hydrogen) atoms. The zero-order valence-electron chi connectivity index (χ0n) is 11.0. The molecular weight excluding hydrogens is 264 g/mol. The van der Waals surface area contributed by atoms with E-state index in [1.807, 2.05) is 18.2 Å². The minimum absolute atomic E-state index is 0.273. The molecule has 1 aromatic carbocycles. The molecule has 6 heteroatoms. The van der Waals surface area contributed by atoms with Crippen molar-refractivity contribution >= 4 is 17.4 Å². The van der Waals surface area contributed by atoms with Crippen LogP contribution in [0.5, 0.6) is 5.75 Å². The third kappa shape index (κ3) is 3.17. The smallest absolute Gasteiger partial charge is 0.169 e. The van der Waals surface area contributed by atoms with Gasteiger partial charge in [-0.05, 0) is 18.1 Å². The van der Waals surface area contributed by atoms with Crippen molar-refractivity contribution in [2.24, 2.45) is 0 Å². The molecule has 0 aliphatic rings. The summed E-state index contributed by atoms with van der Waals surface area (Å²) in [6, 6.07) is 7.38. The fourth-order valence-electron chi connectivity index (χ4n) is 1.90. The largest absolute Gasteiger partial charge is 0.490 e. The van der Waals surface area contributed by atoms with Crippen LogP contribution in [0.3, 0.4) is 0 Å². The molecule has 0 bridgehead atoms. The number of ether oxygens (including phenoxy) is 1. The van der Waals surface area contributed by atoms with Crippen LogP contribution in [0.25, 0.3) is 0 Å². The Balaban J connectivity index is 1.99. The maximum atomic E-state index is 6.01. The highest BCUT2D eigenvalue weighted by atomic mass is 35.5. The third-order valence-electron chi connectivity index (χ3n) is 2.75. The Kier molecular flexibility index (Phi) is 4.27. The zero-order valence-corrected chi connectivity index (χ0v) is 11.8. The molecule has 102 valence electrons. The van der Waals surface area contributed by atoms with E-state index in [-0.39, 0.29) is 5.92 Å². The second kappa shape index (κ2) is 5.93. The van der Waals surface area contributed by atoms with Crippen LogP contribution in [0.1, 0.15) is 25.5 Å². The Labute approximate surface area is 117 Å². The normalized spacial score (nSPS) is 10.9. The van der Waals surface area contributed by atoms with Gasteiger partial charge in [0, 0.05) is 0 Å². The monoisotopic (exact) mass is 280 g/mol. The average Bonchev–Trinajstić information content (AvgIpc) is 2.73. The summed E-state index contributed by atoms with van der Waals surface area (Å²) in [6.45, 7) is 5.16. The van der Waals surface area contributed by atoms with Crippen LogP contribution in [0, 0.1) is 0 Å². The highest BCUT2D eigenvalue weighted by Gasteiger charge is 2.13. The van der Waals surface area contributed by atoms with Gasteiger partial charge in [-0.25, -0.2) is 4.68 Å². The quantitative estimate of drug-likeness (QED) is 0.914. The van der Waals surface area contributed by atoms with Gasteiger partial charge in [0.25, 0.3) is 0 Å². The molecular formula is C13H17ClN4O. The molecule has 0 spiro atoms. The number of anilines is 1. The summed E-state index contributed by atoms with van der Waals surface area (Å²) in [5, 5.41) is 8.51. The number of para-hydroxylation sites is 1. The average molecular weight is 281 g/mol. The summed E-state index contributed by atoms with van der Waals surface area (Å²) >= 11 is 6.01. The molecule has 0 saturated heterocycles. The third-order valence-corrected chi connectivity index (χ3v) is 3.06. The SMILES string of the molecule is CC(C)c1c(N)nnn1CCOc1ccccc1Cl. The topological polar surface area (TPSA) is 66.0 Å². The minimum atomic E-state index is 0.273. The number of nitrogens with zero attached hydrogens (tertiary/aromatic N) is 3. The molecule has 0 saturated carbocycles. The van der Waals surface area contributed by atoms with E-state index in [1.54, 1.807) is 10.7 Å². The van der Waals surface area contributed by atoms with Crippen molar-refractivity contribution in [3.63, 3.8) is 0 Å². The Bertz CT molecular complexity index is 553. The molecule has 0 aliphatic carbocycles. The van der Waals surface area contributed by atoms with Gasteiger partial charge in [0.2, 0.25) is 0 Å². The zero-order chi connectivity index (χ0) is 13.8. The molecule has 5 nitrogen and oxygen atoms in total. The van der Waals surface area contributed by atoms with E-state index < -0.39 is 0 Å². The van der Waals surface area contributed by atoms with Crippen molar-refractivity contribution in [1.82, 2.24) is 15.0 Å². The predicted octanol–water partition coefficient (Wildman–Crippen LogP) is 2.72. The maximum absolute atomic E-state index is 6.01. The first kappa shape index (κ1) is 13.7. The summed E-state index contributed by atoms with van der Waals surface area (Å²) in [7, 11) is 0. The van der Waals surface area contributed by atoms with Crippen molar-refractivity contribution in [3.05, 3.63) is 35.0 Å². The lowest BCUT2D eigenvalue weighted by atomic mass is 10.1. The summed E-state index contributed by atoms with van der Waals surface area (Å²) in [6.07, 6.45) is 0. The van der Waals surface area contributed by atoms with Crippen molar-refractivity contribution in [3.8, 4) is 5.75 Å². The Hall–Kier alpha value is -1.75. The van der Waals surface area contributed by atoms with E-state index in [0.29, 0.717) is 29.7 Å². The number of hydrogen-bond acceptors (Lipinski definition) is 4. The van der Waals surface area contributed by atoms with Crippen LogP contribution in [-0.2, 0) is 6.54 Å². The van der Waals surface area contributed by atoms with Crippen LogP contribution >= 0.6 is 11.6 Å². The molecule has 0 unspecified atom stereocenters. The number of aromatic nitrogens is 3. The van der Waals surface area contributed by atoms with E-state index in [1.165, 1.54) is 0 Å². The summed E-state index contributed by atoms with van der Waals surface area (Å²) < 4.78 is 7.40. The minimum Gasteiger partial charge on any atom is -0.490 e. The molecule has 2 N–H and O–H groups in total. The Morgan fingerprint density at radius 3 is 2.79 bits per heavy atom. The van der Waals surface area contributed by atoms with Crippen molar-refractivity contribution < 1.29 is 4.74 Å². The van der Waals surface area contributed by atoms with Crippen LogP contribution in [-0.4, -0.2) is 21.6 Å². The Morgan fingerprint density at radius 1 is 1.37 bits per heavy atom. The molecule has 1 aromatic heterocycles. The molecule has 0 atom stereocenters. The van der Waals surface area contributed by atoms with Gasteiger partial charge in [0.1, 0.15) is 12.4 Å². The number of nitrogen functional groups attached to an aromatic ring is 1. The molecule has 2 rings (SSSR count). The van der Waals surface area contributed by atoms with Gasteiger partial charge < -0.3 is 10.5 Å². The standard InChI is InChI=1S/C13H17ClN4O/c1-9(2)12-13(15)16-17-18(12)7-8-19-11-6-4-3-5-10(11)14/h3-6,9H,7-8,15H2,1-2H3. The molecule has 0 aliphatic heterocycles. The fourth-order valence-corrected chi connectivity index (χ4v) is 2.09. The van der Waals surface area contributed by atoms with Gasteiger partial charge >= 0.3 is 0 Å². The van der Waals surface area contributed by atoms with Gasteiger partial charge in [-0.15, -0.1) is 5.10 Å². The number of nitrogens with two attached hydrogens (primary N) is 1. The maximum Gasteiger partial charge on any atom is 0.169 e. The fraction of sp³-hybridized carbons (Fsp3) is 0.385. The highest BCUT2D eigenvalue weighted by Crippen LogP contribution is 2.23. The van der Waals surface area contributed by atoms with Gasteiger partial charge in [-0.3, -0.25) is 0 Å². The number of benzene rings is 1. The van der Waals surface area contributed by atoms with E-state index in [2.05, 4.69) is 24.2 Å². The number of halogens is 1. The lowest BCUT2D eigenvalue weighted by Crippen LogP contribution is -2.13. The number of hydrogen-bond donors (Lipinski definition) is 1. The van der Waals surface area contributed by atoms with E-state index in [4.69, 9.17) is 22.1 Å². The van der Waals surface area contributed by atoms with Gasteiger partial charge in [-0.2, -0.15) is 0 Å². The first-order valence-corrected chi connectivity index (χ1v) is 6.53. The summed E-state index contributed by atoms with van der Waals surface area (Å²) in [5.74, 6) is 1.42. The van der Waals surface area contributed by atoms with Gasteiger partial charge in [0.15, 0.2) is 5.82 Å². The van der Waals surface area contributed by atoms with E-state index >= 15 is 0 Å². The lowest BCUT2D eigenvalue weighted by Gasteiger charge is -2.11. The van der Waals surface area contributed by atoms with Crippen molar-refractivity contribution in [2.75, 3.05) is 12.3 Å². The Morgan fingerprint density at radius 2 is 2.11 bits per heavy atom. The molecule has 2 aromatic rings. The van der Waals surface area contributed by atoms with Crippen LogP contribution < -0.4 is 10.5 Å². The van der Waals surface area contributed by atoms with Gasteiger partial charge in [0.05, 0.1) is 17.3 Å². The van der Waals surface area contributed by atoms with Crippen molar-refractivity contribution in [2.45, 2.75) is 26.3 Å². The molecule has 0 fully saturated rings. The first-order valence-electron chi connectivity index (χ1n) is 6.15. The lowest BCUT2D eigenvalue weighted by molar-refractivity contribution is 0.287. The van der Waals surface area contributed by atoms with Crippen LogP contribution in [0.4, 0.5) is 5.82 Å². The van der Waals surface area contributed by atoms with Gasteiger partial charge in [-0.1, -0.05) is 42.8 Å². The second-order valence-electron chi connectivity index (χ2n) is 4.52. The van der Waals surface area contributed by atoms with Crippen LogP contribution in [0.2, 0.25) is 5.02 Å². The number of rotatable bonds is 5. The summed E-state index contributed by atoms with van der Waals surface area (Å²) in [4.78, 5) is 0. The van der Waals surface area contributed by atoms with Crippen molar-refractivity contribution in [1.29, 1.82) is 0 Å². The predicted molar refractivity (Wildman–Crippen MR) is 75.5 cm³/mol.